The van der Waals surface area contributed by atoms with Crippen molar-refractivity contribution < 1.29 is 18.2 Å². The molecule has 0 bridgehead atoms. The molecule has 0 aliphatic rings. The Morgan fingerprint density at radius 3 is 2.37 bits per heavy atom. The number of aromatic nitrogens is 3. The van der Waals surface area contributed by atoms with Crippen molar-refractivity contribution in [3.05, 3.63) is 66.7 Å². The fraction of sp³-hybridized carbons (Fsp3) is 0.211. The molecule has 0 unspecified atom stereocenters. The summed E-state index contributed by atoms with van der Waals surface area (Å²) in [6.07, 6.45) is 5.01. The van der Waals surface area contributed by atoms with Crippen LogP contribution < -0.4 is 19.8 Å². The third kappa shape index (κ3) is 6.36. The average Bonchev–Trinajstić information content (AvgIpc) is 3.32. The molecule has 0 amide bonds. The van der Waals surface area contributed by atoms with Gasteiger partial charge in [0.2, 0.25) is 0 Å². The molecule has 1 heterocycles. The lowest BCUT2D eigenvalue weighted by Gasteiger charge is -2.24. The van der Waals surface area contributed by atoms with Crippen molar-refractivity contribution in [2.24, 2.45) is 5.90 Å². The van der Waals surface area contributed by atoms with E-state index >= 15 is 0 Å². The van der Waals surface area contributed by atoms with Crippen molar-refractivity contribution in [1.82, 2.24) is 14.9 Å². The van der Waals surface area contributed by atoms with Gasteiger partial charge in [-0.25, -0.2) is 4.68 Å². The second-order valence-electron chi connectivity index (χ2n) is 5.97. The summed E-state index contributed by atoms with van der Waals surface area (Å²) in [6, 6.07) is 16.6. The zero-order valence-electron chi connectivity index (χ0n) is 16.0. The SMILES string of the molecule is N#Cc1ccc(N(CCCCOc2ccc(OSOON)cc2)n2cnnc2)cc1. The van der Waals surface area contributed by atoms with E-state index in [0.717, 1.165) is 30.8 Å². The zero-order valence-corrected chi connectivity index (χ0v) is 16.8. The lowest BCUT2D eigenvalue weighted by molar-refractivity contribution is -0.199. The number of benzene rings is 2. The predicted molar refractivity (Wildman–Crippen MR) is 110 cm³/mol. The molecule has 156 valence electrons. The van der Waals surface area contributed by atoms with E-state index in [2.05, 4.69) is 25.6 Å². The summed E-state index contributed by atoms with van der Waals surface area (Å²) in [5, 5.41) is 18.8. The summed E-state index contributed by atoms with van der Waals surface area (Å²) >= 11 is 0.619. The lowest BCUT2D eigenvalue weighted by atomic mass is 10.2. The molecular weight excluding hydrogens is 408 g/mol. The van der Waals surface area contributed by atoms with Crippen LogP contribution in [0.4, 0.5) is 5.69 Å². The summed E-state index contributed by atoms with van der Waals surface area (Å²) in [5.41, 5.74) is 1.57. The molecule has 1 aromatic heterocycles. The Balaban J connectivity index is 1.46. The maximum Gasteiger partial charge on any atom is 0.260 e. The Labute approximate surface area is 178 Å². The fourth-order valence-corrected chi connectivity index (χ4v) is 2.87. The van der Waals surface area contributed by atoms with Gasteiger partial charge in [0.05, 0.1) is 23.9 Å². The predicted octanol–water partition coefficient (Wildman–Crippen LogP) is 3.04. The number of anilines is 1. The monoisotopic (exact) mass is 428 g/mol. The Kier molecular flexibility index (Phi) is 8.31. The molecule has 2 N–H and O–H groups in total. The van der Waals surface area contributed by atoms with Crippen molar-refractivity contribution in [1.29, 1.82) is 5.26 Å². The quantitative estimate of drug-likeness (QED) is 0.199. The van der Waals surface area contributed by atoms with Crippen LogP contribution in [0.15, 0.2) is 61.2 Å². The van der Waals surface area contributed by atoms with E-state index in [4.69, 9.17) is 20.1 Å². The number of nitrogens with two attached hydrogens (primary N) is 1. The standard InChI is InChI=1S/C19H20N6O4S/c20-13-16-3-5-17(6-4-16)25(24-14-22-23-15-24)11-1-2-12-26-18-7-9-19(10-8-18)27-30-29-28-21/h3-10,14-15H,1-2,11-12,21H2. The smallest absolute Gasteiger partial charge is 0.260 e. The maximum atomic E-state index is 8.98. The molecule has 3 aromatic rings. The van der Waals surface area contributed by atoms with Gasteiger partial charge in [0.1, 0.15) is 24.2 Å². The van der Waals surface area contributed by atoms with Gasteiger partial charge in [-0.05, 0) is 61.4 Å². The molecule has 0 atom stereocenters. The van der Waals surface area contributed by atoms with Gasteiger partial charge in [0.15, 0.2) is 0 Å². The van der Waals surface area contributed by atoms with Crippen LogP contribution in [0.25, 0.3) is 0 Å². The first kappa shape index (κ1) is 21.4. The van der Waals surface area contributed by atoms with Gasteiger partial charge in [0, 0.05) is 6.54 Å². The Morgan fingerprint density at radius 2 is 1.70 bits per heavy atom. The maximum absolute atomic E-state index is 8.98. The highest BCUT2D eigenvalue weighted by Gasteiger charge is 2.09. The minimum absolute atomic E-state index is 0.572. The third-order valence-electron chi connectivity index (χ3n) is 4.03. The minimum atomic E-state index is 0.572. The van der Waals surface area contributed by atoms with Gasteiger partial charge in [-0.2, -0.15) is 11.2 Å². The van der Waals surface area contributed by atoms with Crippen LogP contribution in [-0.4, -0.2) is 28.0 Å². The number of nitriles is 1. The van der Waals surface area contributed by atoms with Crippen LogP contribution >= 0.6 is 12.3 Å². The number of hydrogen-bond acceptors (Lipinski definition) is 10. The van der Waals surface area contributed by atoms with Crippen LogP contribution in [0.1, 0.15) is 18.4 Å². The minimum Gasteiger partial charge on any atom is -0.494 e. The lowest BCUT2D eigenvalue weighted by Crippen LogP contribution is -2.29. The zero-order chi connectivity index (χ0) is 21.0. The van der Waals surface area contributed by atoms with E-state index in [-0.39, 0.29) is 0 Å². The summed E-state index contributed by atoms with van der Waals surface area (Å²) in [4.78, 5) is 3.93. The average molecular weight is 428 g/mol. The van der Waals surface area contributed by atoms with Gasteiger partial charge in [0.25, 0.3) is 12.3 Å². The molecule has 10 nitrogen and oxygen atoms in total. The summed E-state index contributed by atoms with van der Waals surface area (Å²) in [5.74, 6) is 6.04. The van der Waals surface area contributed by atoms with Crippen LogP contribution in [0, 0.1) is 11.3 Å². The molecular formula is C19H20N6O4S. The van der Waals surface area contributed by atoms with Crippen molar-refractivity contribution in [3.8, 4) is 17.6 Å². The summed E-state index contributed by atoms with van der Waals surface area (Å²) < 4.78 is 17.1. The van der Waals surface area contributed by atoms with Crippen LogP contribution in [0.5, 0.6) is 11.5 Å². The van der Waals surface area contributed by atoms with Crippen LogP contribution in [-0.2, 0) is 9.32 Å². The molecule has 0 saturated heterocycles. The van der Waals surface area contributed by atoms with Crippen molar-refractivity contribution in [2.75, 3.05) is 18.2 Å². The van der Waals surface area contributed by atoms with E-state index in [0.29, 0.717) is 30.2 Å². The topological polar surface area (TPSA) is 121 Å². The van der Waals surface area contributed by atoms with Crippen molar-refractivity contribution >= 4 is 18.0 Å². The molecule has 3 rings (SSSR count). The number of ether oxygens (including phenoxy) is 1. The van der Waals surface area contributed by atoms with Crippen molar-refractivity contribution in [3.63, 3.8) is 0 Å². The highest BCUT2D eigenvalue weighted by molar-refractivity contribution is 7.90. The molecule has 30 heavy (non-hydrogen) atoms. The Hall–Kier alpha value is -3.30. The molecule has 2 aromatic carbocycles. The largest absolute Gasteiger partial charge is 0.494 e. The second kappa shape index (κ2) is 11.6. The normalized spacial score (nSPS) is 10.4. The van der Waals surface area contributed by atoms with Gasteiger partial charge < -0.3 is 8.92 Å². The molecule has 11 heteroatoms. The Bertz CT molecular complexity index is 916. The molecule has 0 aliphatic heterocycles. The summed E-state index contributed by atoms with van der Waals surface area (Å²) in [6.45, 7) is 1.31. The number of unbranched alkanes of at least 4 members (excludes halogenated alkanes) is 1. The van der Waals surface area contributed by atoms with E-state index < -0.39 is 0 Å². The van der Waals surface area contributed by atoms with Gasteiger partial charge in [-0.3, -0.25) is 5.01 Å². The Morgan fingerprint density at radius 1 is 1.00 bits per heavy atom. The van der Waals surface area contributed by atoms with Crippen molar-refractivity contribution in [2.45, 2.75) is 12.8 Å². The van der Waals surface area contributed by atoms with Gasteiger partial charge in [-0.15, -0.1) is 19.5 Å². The summed E-state index contributed by atoms with van der Waals surface area (Å²) in [7, 11) is 0. The number of hydrogen-bond donors (Lipinski definition) is 1. The fourth-order valence-electron chi connectivity index (χ4n) is 2.62. The van der Waals surface area contributed by atoms with E-state index in [1.165, 1.54) is 0 Å². The molecule has 0 spiro atoms. The highest BCUT2D eigenvalue weighted by atomic mass is 32.2. The number of rotatable bonds is 12. The molecule has 0 radical (unpaired) electrons. The first-order chi connectivity index (χ1) is 14.8. The highest BCUT2D eigenvalue weighted by Crippen LogP contribution is 2.21. The second-order valence-corrected chi connectivity index (χ2v) is 6.41. The molecule has 0 fully saturated rings. The van der Waals surface area contributed by atoms with E-state index in [1.54, 1.807) is 49.1 Å². The van der Waals surface area contributed by atoms with E-state index in [9.17, 15) is 0 Å². The van der Waals surface area contributed by atoms with Gasteiger partial charge >= 0.3 is 0 Å². The molecule has 0 saturated carbocycles. The van der Waals surface area contributed by atoms with Crippen LogP contribution in [0.3, 0.4) is 0 Å². The first-order valence-corrected chi connectivity index (χ1v) is 9.69. The first-order valence-electron chi connectivity index (χ1n) is 9.02. The molecule has 0 aliphatic carbocycles. The van der Waals surface area contributed by atoms with E-state index in [1.807, 2.05) is 21.8 Å². The van der Waals surface area contributed by atoms with Gasteiger partial charge in [-0.1, -0.05) is 0 Å². The number of nitrogens with zero attached hydrogens (tertiary/aromatic N) is 5. The third-order valence-corrected chi connectivity index (χ3v) is 4.43. The van der Waals surface area contributed by atoms with Crippen LogP contribution in [0.2, 0.25) is 0 Å².